The molecule has 0 aliphatic carbocycles. The Morgan fingerprint density at radius 3 is 1.60 bits per heavy atom. The first kappa shape index (κ1) is 42.0. The zero-order valence-corrected chi connectivity index (χ0v) is 27.8. The third kappa shape index (κ3) is 16.3. The minimum Gasteiger partial charge on any atom is -0.502 e. The van der Waals surface area contributed by atoms with Crippen LogP contribution in [0.1, 0.15) is 72.8 Å². The first-order chi connectivity index (χ1) is 20.6. The van der Waals surface area contributed by atoms with Crippen molar-refractivity contribution in [3.8, 4) is 11.5 Å². The molecular formula is C32H41BrF8O4. The molecule has 0 aromatic heterocycles. The van der Waals surface area contributed by atoms with E-state index in [1.165, 1.54) is 24.8 Å². The van der Waals surface area contributed by atoms with Gasteiger partial charge in [-0.3, -0.25) is 0 Å². The quantitative estimate of drug-likeness (QED) is 0.117. The van der Waals surface area contributed by atoms with E-state index in [1.54, 1.807) is 0 Å². The van der Waals surface area contributed by atoms with Crippen LogP contribution in [0.4, 0.5) is 35.1 Å². The number of hydrogen-bond acceptors (Lipinski definition) is 4. The van der Waals surface area contributed by atoms with Crippen molar-refractivity contribution in [2.75, 3.05) is 13.2 Å². The average Bonchev–Trinajstić information content (AvgIpc) is 2.87. The molecule has 0 atom stereocenters. The predicted molar refractivity (Wildman–Crippen MR) is 163 cm³/mol. The maximum Gasteiger partial charge on any atom is 0.427 e. The highest BCUT2D eigenvalue weighted by Gasteiger charge is 2.50. The summed E-state index contributed by atoms with van der Waals surface area (Å²) in [6.45, 7) is 15.9. The SMILES string of the molecule is C=C(OCCCC)c1cc(F)cc(OC(C)(C)C(F)(F)F)c1.C=COCCCC.CC(C)(Oc1cc(F)cc(Br)c1)C(F)(F)F. The van der Waals surface area contributed by atoms with Crippen LogP contribution in [0.25, 0.3) is 5.76 Å². The second-order valence-electron chi connectivity index (χ2n) is 10.5. The van der Waals surface area contributed by atoms with Crippen LogP contribution in [0.15, 0.2) is 60.3 Å². The summed E-state index contributed by atoms with van der Waals surface area (Å²) >= 11 is 2.97. The smallest absolute Gasteiger partial charge is 0.427 e. The van der Waals surface area contributed by atoms with Gasteiger partial charge in [0.1, 0.15) is 28.9 Å². The highest BCUT2D eigenvalue weighted by atomic mass is 79.9. The second kappa shape index (κ2) is 18.9. The Kier molecular flexibility index (Phi) is 17.6. The van der Waals surface area contributed by atoms with E-state index in [4.69, 9.17) is 18.9 Å². The van der Waals surface area contributed by atoms with E-state index in [0.717, 1.165) is 77.8 Å². The molecule has 13 heteroatoms. The molecule has 0 N–H and O–H groups in total. The predicted octanol–water partition coefficient (Wildman–Crippen LogP) is 11.6. The lowest BCUT2D eigenvalue weighted by Gasteiger charge is -2.29. The van der Waals surface area contributed by atoms with Crippen molar-refractivity contribution in [1.82, 2.24) is 0 Å². The minimum absolute atomic E-state index is 0.172. The molecule has 45 heavy (non-hydrogen) atoms. The maximum atomic E-state index is 13.6. The van der Waals surface area contributed by atoms with Crippen LogP contribution in [0.3, 0.4) is 0 Å². The molecule has 2 aromatic carbocycles. The van der Waals surface area contributed by atoms with E-state index in [9.17, 15) is 35.1 Å². The van der Waals surface area contributed by atoms with Gasteiger partial charge in [0.25, 0.3) is 0 Å². The van der Waals surface area contributed by atoms with Gasteiger partial charge >= 0.3 is 12.4 Å². The fraction of sp³-hybridized carbons (Fsp3) is 0.500. The van der Waals surface area contributed by atoms with E-state index in [0.29, 0.717) is 11.1 Å². The Hall–Kier alpha value is -2.96. The highest BCUT2D eigenvalue weighted by Crippen LogP contribution is 2.36. The van der Waals surface area contributed by atoms with Crippen LogP contribution >= 0.6 is 15.9 Å². The molecule has 0 heterocycles. The van der Waals surface area contributed by atoms with Gasteiger partial charge < -0.3 is 18.9 Å². The second-order valence-corrected chi connectivity index (χ2v) is 11.4. The summed E-state index contributed by atoms with van der Waals surface area (Å²) in [5.41, 5.74) is -4.54. The zero-order chi connectivity index (χ0) is 35.1. The van der Waals surface area contributed by atoms with Gasteiger partial charge in [-0.2, -0.15) is 26.3 Å². The first-order valence-corrected chi connectivity index (χ1v) is 14.7. The van der Waals surface area contributed by atoms with Crippen LogP contribution in [0.5, 0.6) is 11.5 Å². The summed E-state index contributed by atoms with van der Waals surface area (Å²) < 4.78 is 123. The van der Waals surface area contributed by atoms with Crippen LogP contribution in [-0.4, -0.2) is 36.8 Å². The largest absolute Gasteiger partial charge is 0.502 e. The van der Waals surface area contributed by atoms with Crippen molar-refractivity contribution < 1.29 is 54.1 Å². The van der Waals surface area contributed by atoms with Gasteiger partial charge in [0, 0.05) is 22.2 Å². The lowest BCUT2D eigenvalue weighted by molar-refractivity contribution is -0.234. The number of hydrogen-bond donors (Lipinski definition) is 0. The Labute approximate surface area is 268 Å². The third-order valence-electron chi connectivity index (χ3n) is 5.65. The molecular weight excluding hydrogens is 680 g/mol. The minimum atomic E-state index is -4.58. The van der Waals surface area contributed by atoms with Crippen LogP contribution in [-0.2, 0) is 9.47 Å². The van der Waals surface area contributed by atoms with E-state index >= 15 is 0 Å². The van der Waals surface area contributed by atoms with Crippen molar-refractivity contribution in [1.29, 1.82) is 0 Å². The summed E-state index contributed by atoms with van der Waals surface area (Å²) in [6.07, 6.45) is -3.57. The molecule has 0 fully saturated rings. The normalized spacial score (nSPS) is 11.7. The number of unbranched alkanes of at least 4 members (excludes halogenated alkanes) is 2. The van der Waals surface area contributed by atoms with E-state index in [-0.39, 0.29) is 22.8 Å². The molecule has 2 rings (SSSR count). The summed E-state index contributed by atoms with van der Waals surface area (Å²) in [6, 6.07) is 6.63. The van der Waals surface area contributed by atoms with Crippen molar-refractivity contribution in [2.45, 2.75) is 90.8 Å². The molecule has 0 aliphatic heterocycles. The van der Waals surface area contributed by atoms with Gasteiger partial charge in [0.2, 0.25) is 0 Å². The van der Waals surface area contributed by atoms with Gasteiger partial charge in [-0.15, -0.1) is 0 Å². The lowest BCUT2D eigenvalue weighted by Crippen LogP contribution is -2.44. The maximum absolute atomic E-state index is 13.6. The van der Waals surface area contributed by atoms with Gasteiger partial charge in [0.05, 0.1) is 19.5 Å². The monoisotopic (exact) mass is 720 g/mol. The molecule has 0 saturated heterocycles. The Morgan fingerprint density at radius 2 is 1.18 bits per heavy atom. The van der Waals surface area contributed by atoms with Gasteiger partial charge in [-0.1, -0.05) is 55.8 Å². The van der Waals surface area contributed by atoms with Crippen LogP contribution < -0.4 is 9.47 Å². The number of alkyl halides is 6. The summed E-state index contributed by atoms with van der Waals surface area (Å²) in [7, 11) is 0. The number of benzene rings is 2. The van der Waals surface area contributed by atoms with Crippen LogP contribution in [0.2, 0.25) is 0 Å². The van der Waals surface area contributed by atoms with Gasteiger partial charge in [-0.05, 0) is 64.8 Å². The fourth-order valence-corrected chi connectivity index (χ4v) is 3.25. The van der Waals surface area contributed by atoms with Crippen molar-refractivity contribution in [3.63, 3.8) is 0 Å². The lowest BCUT2D eigenvalue weighted by atomic mass is 10.1. The van der Waals surface area contributed by atoms with Gasteiger partial charge in [-0.25, -0.2) is 8.78 Å². The number of rotatable bonds is 13. The molecule has 0 aliphatic rings. The Balaban J connectivity index is 0.000000733. The zero-order valence-electron chi connectivity index (χ0n) is 26.2. The summed E-state index contributed by atoms with van der Waals surface area (Å²) in [5.74, 6) is -1.58. The van der Waals surface area contributed by atoms with E-state index < -0.39 is 35.2 Å². The van der Waals surface area contributed by atoms with Crippen molar-refractivity contribution >= 4 is 21.7 Å². The fourth-order valence-electron chi connectivity index (χ4n) is 2.81. The summed E-state index contributed by atoms with van der Waals surface area (Å²) in [4.78, 5) is 0. The molecule has 256 valence electrons. The van der Waals surface area contributed by atoms with Crippen LogP contribution in [0, 0.1) is 11.6 Å². The van der Waals surface area contributed by atoms with Crippen molar-refractivity contribution in [2.24, 2.45) is 0 Å². The first-order valence-electron chi connectivity index (χ1n) is 13.9. The molecule has 0 bridgehead atoms. The van der Waals surface area contributed by atoms with E-state index in [2.05, 4.69) is 36.0 Å². The molecule has 0 radical (unpaired) electrons. The number of ether oxygens (including phenoxy) is 4. The molecule has 0 unspecified atom stereocenters. The topological polar surface area (TPSA) is 36.9 Å². The standard InChI is InChI=1S/C16H20F4O2.C10H9BrF4O.C6H12O/c1-5-6-7-21-11(2)12-8-13(17)10-14(9-12)22-15(3,4)16(18,19)20;1-9(2,10(13,14)15)16-8-4-6(11)3-7(12)5-8;1-3-5-6-7-4-2/h8-10H,2,5-7H2,1,3-4H3;3-5H,1-2H3;4H,2-3,5-6H2,1H3. The molecule has 4 nitrogen and oxygen atoms in total. The third-order valence-corrected chi connectivity index (χ3v) is 6.11. The molecule has 0 saturated carbocycles. The molecule has 0 spiro atoms. The van der Waals surface area contributed by atoms with Crippen molar-refractivity contribution in [3.05, 3.63) is 77.5 Å². The Morgan fingerprint density at radius 1 is 0.733 bits per heavy atom. The van der Waals surface area contributed by atoms with Gasteiger partial charge in [0.15, 0.2) is 11.2 Å². The highest BCUT2D eigenvalue weighted by molar-refractivity contribution is 9.10. The number of halogens is 9. The van der Waals surface area contributed by atoms with E-state index in [1.807, 2.05) is 6.92 Å². The molecule has 0 amide bonds. The average molecular weight is 722 g/mol. The summed E-state index contributed by atoms with van der Waals surface area (Å²) in [5, 5.41) is 0. The molecule has 2 aromatic rings. The Bertz CT molecular complexity index is 1170.